The summed E-state index contributed by atoms with van der Waals surface area (Å²) >= 11 is 3.27. The van der Waals surface area contributed by atoms with Gasteiger partial charge in [0.05, 0.1) is 26.1 Å². The number of halogens is 1. The van der Waals surface area contributed by atoms with Crippen LogP contribution in [-0.2, 0) is 13.6 Å². The lowest BCUT2D eigenvalue weighted by atomic mass is 10.2. The Morgan fingerprint density at radius 1 is 1.29 bits per heavy atom. The largest absolute Gasteiger partial charge is 0.493 e. The molecule has 1 aromatic heterocycles. The summed E-state index contributed by atoms with van der Waals surface area (Å²) in [5.74, 6) is 1.34. The quantitative estimate of drug-likeness (QED) is 0.892. The van der Waals surface area contributed by atoms with Gasteiger partial charge in [-0.05, 0) is 33.6 Å². The minimum Gasteiger partial charge on any atom is -0.493 e. The van der Waals surface area contributed by atoms with E-state index < -0.39 is 0 Å². The first-order chi connectivity index (χ1) is 10.1. The fourth-order valence-electron chi connectivity index (χ4n) is 1.82. The lowest BCUT2D eigenvalue weighted by molar-refractivity contribution is 0.354. The van der Waals surface area contributed by atoms with E-state index in [4.69, 9.17) is 9.47 Å². The Morgan fingerprint density at radius 2 is 2.00 bits per heavy atom. The van der Waals surface area contributed by atoms with Crippen molar-refractivity contribution in [3.63, 3.8) is 0 Å². The standard InChI is InChI=1S/C14H16BrN3O3/c1-18-14(19)13(15)10(8-17-18)16-7-9-4-5-11(20-2)12(6-9)21-3/h4-6,8,16H,7H2,1-3H3. The van der Waals surface area contributed by atoms with Crippen LogP contribution in [0.2, 0.25) is 0 Å². The number of benzene rings is 1. The molecule has 0 spiro atoms. The van der Waals surface area contributed by atoms with Crippen molar-refractivity contribution < 1.29 is 9.47 Å². The molecule has 1 heterocycles. The molecule has 0 saturated heterocycles. The van der Waals surface area contributed by atoms with Crippen molar-refractivity contribution in [2.24, 2.45) is 7.05 Å². The topological polar surface area (TPSA) is 65.4 Å². The van der Waals surface area contributed by atoms with Gasteiger partial charge < -0.3 is 14.8 Å². The zero-order chi connectivity index (χ0) is 15.4. The van der Waals surface area contributed by atoms with Gasteiger partial charge in [-0.1, -0.05) is 6.07 Å². The summed E-state index contributed by atoms with van der Waals surface area (Å²) in [6.07, 6.45) is 1.60. The molecule has 2 aromatic rings. The van der Waals surface area contributed by atoms with Gasteiger partial charge in [0.2, 0.25) is 0 Å². The molecule has 0 aliphatic heterocycles. The van der Waals surface area contributed by atoms with Crippen LogP contribution in [0.1, 0.15) is 5.56 Å². The van der Waals surface area contributed by atoms with Crippen molar-refractivity contribution in [1.29, 1.82) is 0 Å². The highest BCUT2D eigenvalue weighted by molar-refractivity contribution is 9.10. The molecular formula is C14H16BrN3O3. The first-order valence-electron chi connectivity index (χ1n) is 6.23. The van der Waals surface area contributed by atoms with Crippen LogP contribution in [0.25, 0.3) is 0 Å². The summed E-state index contributed by atoms with van der Waals surface area (Å²) in [5, 5.41) is 7.15. The lowest BCUT2D eigenvalue weighted by Gasteiger charge is -2.11. The number of nitrogens with zero attached hydrogens (tertiary/aromatic N) is 2. The second kappa shape index (κ2) is 6.62. The van der Waals surface area contributed by atoms with E-state index >= 15 is 0 Å². The minimum atomic E-state index is -0.188. The Labute approximate surface area is 130 Å². The number of nitrogens with one attached hydrogen (secondary N) is 1. The van der Waals surface area contributed by atoms with Crippen molar-refractivity contribution >= 4 is 21.6 Å². The van der Waals surface area contributed by atoms with Crippen molar-refractivity contribution in [2.45, 2.75) is 6.54 Å². The van der Waals surface area contributed by atoms with Gasteiger partial charge in [0.15, 0.2) is 11.5 Å². The van der Waals surface area contributed by atoms with E-state index in [9.17, 15) is 4.79 Å². The molecule has 0 amide bonds. The molecule has 0 bridgehead atoms. The Morgan fingerprint density at radius 3 is 2.67 bits per heavy atom. The Balaban J connectivity index is 2.17. The molecule has 1 aromatic carbocycles. The van der Waals surface area contributed by atoms with Crippen molar-refractivity contribution in [3.8, 4) is 11.5 Å². The summed E-state index contributed by atoms with van der Waals surface area (Å²) in [6, 6.07) is 5.65. The minimum absolute atomic E-state index is 0.188. The SMILES string of the molecule is COc1ccc(CNc2cnn(C)c(=O)c2Br)cc1OC. The molecule has 112 valence electrons. The third kappa shape index (κ3) is 3.36. The second-order valence-electron chi connectivity index (χ2n) is 4.34. The van der Waals surface area contributed by atoms with Gasteiger partial charge >= 0.3 is 0 Å². The van der Waals surface area contributed by atoms with Crippen molar-refractivity contribution in [3.05, 3.63) is 44.8 Å². The first-order valence-corrected chi connectivity index (χ1v) is 7.02. The zero-order valence-corrected chi connectivity index (χ0v) is 13.6. The van der Waals surface area contributed by atoms with Crippen molar-refractivity contribution in [1.82, 2.24) is 9.78 Å². The fourth-order valence-corrected chi connectivity index (χ4v) is 2.32. The predicted molar refractivity (Wildman–Crippen MR) is 84.1 cm³/mol. The van der Waals surface area contributed by atoms with E-state index in [1.54, 1.807) is 27.5 Å². The maximum absolute atomic E-state index is 11.8. The highest BCUT2D eigenvalue weighted by Crippen LogP contribution is 2.28. The number of hydrogen-bond acceptors (Lipinski definition) is 5. The van der Waals surface area contributed by atoms with Crippen LogP contribution in [0.4, 0.5) is 5.69 Å². The third-order valence-corrected chi connectivity index (χ3v) is 3.78. The van der Waals surface area contributed by atoms with Gasteiger partial charge in [0, 0.05) is 13.6 Å². The molecule has 0 aliphatic rings. The van der Waals surface area contributed by atoms with E-state index in [0.717, 1.165) is 5.56 Å². The highest BCUT2D eigenvalue weighted by Gasteiger charge is 2.08. The number of hydrogen-bond donors (Lipinski definition) is 1. The van der Waals surface area contributed by atoms with Crippen LogP contribution >= 0.6 is 15.9 Å². The molecule has 21 heavy (non-hydrogen) atoms. The lowest BCUT2D eigenvalue weighted by Crippen LogP contribution is -2.21. The first kappa shape index (κ1) is 15.4. The molecule has 2 rings (SSSR count). The van der Waals surface area contributed by atoms with Crippen LogP contribution in [0.15, 0.2) is 33.7 Å². The summed E-state index contributed by atoms with van der Waals surface area (Å²) < 4.78 is 12.2. The Bertz CT molecular complexity index is 700. The van der Waals surface area contributed by atoms with Gasteiger partial charge in [-0.25, -0.2) is 4.68 Å². The summed E-state index contributed by atoms with van der Waals surface area (Å²) in [7, 11) is 4.79. The number of anilines is 1. The van der Waals surface area contributed by atoms with Crippen molar-refractivity contribution in [2.75, 3.05) is 19.5 Å². The fraction of sp³-hybridized carbons (Fsp3) is 0.286. The van der Waals surface area contributed by atoms with E-state index in [1.165, 1.54) is 4.68 Å². The van der Waals surface area contributed by atoms with Gasteiger partial charge in [0.1, 0.15) is 4.47 Å². The number of aromatic nitrogens is 2. The normalized spacial score (nSPS) is 10.3. The number of methoxy groups -OCH3 is 2. The average molecular weight is 354 g/mol. The van der Waals surface area contributed by atoms with Gasteiger partial charge in [-0.3, -0.25) is 4.79 Å². The van der Waals surface area contributed by atoms with Gasteiger partial charge in [-0.15, -0.1) is 0 Å². The summed E-state index contributed by atoms with van der Waals surface area (Å²) in [5.41, 5.74) is 1.46. The molecular weight excluding hydrogens is 338 g/mol. The third-order valence-electron chi connectivity index (χ3n) is 3.01. The molecule has 0 radical (unpaired) electrons. The number of ether oxygens (including phenoxy) is 2. The number of aryl methyl sites for hydroxylation is 1. The molecule has 7 heteroatoms. The predicted octanol–water partition coefficient (Wildman–Crippen LogP) is 2.17. The zero-order valence-electron chi connectivity index (χ0n) is 12.0. The van der Waals surface area contributed by atoms with Crippen LogP contribution < -0.4 is 20.3 Å². The van der Waals surface area contributed by atoms with E-state index in [1.807, 2.05) is 18.2 Å². The van der Waals surface area contributed by atoms with E-state index in [-0.39, 0.29) is 5.56 Å². The van der Waals surface area contributed by atoms with Crippen LogP contribution in [0, 0.1) is 0 Å². The smallest absolute Gasteiger partial charge is 0.282 e. The summed E-state index contributed by atoms with van der Waals surface area (Å²) in [6.45, 7) is 0.536. The average Bonchev–Trinajstić information content (AvgIpc) is 2.51. The molecule has 0 fully saturated rings. The molecule has 1 N–H and O–H groups in total. The van der Waals surface area contributed by atoms with Crippen LogP contribution in [-0.4, -0.2) is 24.0 Å². The molecule has 0 atom stereocenters. The van der Waals surface area contributed by atoms with Crippen LogP contribution in [0.5, 0.6) is 11.5 Å². The van der Waals surface area contributed by atoms with Gasteiger partial charge in [0.25, 0.3) is 5.56 Å². The van der Waals surface area contributed by atoms with Gasteiger partial charge in [-0.2, -0.15) is 5.10 Å². The Hall–Kier alpha value is -2.02. The van der Waals surface area contributed by atoms with E-state index in [0.29, 0.717) is 28.2 Å². The maximum atomic E-state index is 11.8. The molecule has 6 nitrogen and oxygen atoms in total. The molecule has 0 aliphatic carbocycles. The summed E-state index contributed by atoms with van der Waals surface area (Å²) in [4.78, 5) is 11.8. The van der Waals surface area contributed by atoms with Crippen LogP contribution in [0.3, 0.4) is 0 Å². The Kier molecular flexibility index (Phi) is 4.85. The number of rotatable bonds is 5. The molecule has 0 unspecified atom stereocenters. The maximum Gasteiger partial charge on any atom is 0.282 e. The molecule has 0 saturated carbocycles. The monoisotopic (exact) mass is 353 g/mol. The van der Waals surface area contributed by atoms with E-state index in [2.05, 4.69) is 26.3 Å². The highest BCUT2D eigenvalue weighted by atomic mass is 79.9. The second-order valence-corrected chi connectivity index (χ2v) is 5.14.